The summed E-state index contributed by atoms with van der Waals surface area (Å²) in [5, 5.41) is 10.8. The van der Waals surface area contributed by atoms with E-state index >= 15 is 0 Å². The van der Waals surface area contributed by atoms with Crippen LogP contribution in [-0.4, -0.2) is 64.5 Å². The minimum atomic E-state index is -0.0207. The Balaban J connectivity index is 1.50. The number of piperazine rings is 1. The average Bonchev–Trinajstić information content (AvgIpc) is 3.26. The van der Waals surface area contributed by atoms with E-state index in [-0.39, 0.29) is 5.91 Å². The SMILES string of the molecule is CCN1CCN(C(=O)c2cc3c(CC#N)c(C)n(Cc4ccccc4)c3c(N3CCc4ccccc4C3)n2)CC1. The summed E-state index contributed by atoms with van der Waals surface area (Å²) >= 11 is 0. The van der Waals surface area contributed by atoms with E-state index in [9.17, 15) is 10.1 Å². The maximum Gasteiger partial charge on any atom is 0.272 e. The number of pyridine rings is 1. The Morgan fingerprint density at radius 1 is 0.975 bits per heavy atom. The molecule has 0 N–H and O–H groups in total. The Labute approximate surface area is 236 Å². The highest BCUT2D eigenvalue weighted by atomic mass is 16.2. The third-order valence-electron chi connectivity index (χ3n) is 8.61. The smallest absolute Gasteiger partial charge is 0.272 e. The summed E-state index contributed by atoms with van der Waals surface area (Å²) in [6.45, 7) is 10.7. The molecule has 204 valence electrons. The van der Waals surface area contributed by atoms with Crippen LogP contribution in [0.5, 0.6) is 0 Å². The van der Waals surface area contributed by atoms with E-state index in [0.29, 0.717) is 31.7 Å². The minimum absolute atomic E-state index is 0.0207. The van der Waals surface area contributed by atoms with E-state index < -0.39 is 0 Å². The first-order valence-electron chi connectivity index (χ1n) is 14.3. The van der Waals surface area contributed by atoms with Crippen molar-refractivity contribution >= 4 is 22.6 Å². The lowest BCUT2D eigenvalue weighted by atomic mass is 9.99. The molecule has 0 bridgehead atoms. The summed E-state index contributed by atoms with van der Waals surface area (Å²) in [7, 11) is 0. The topological polar surface area (TPSA) is 68.4 Å². The number of nitrogens with zero attached hydrogens (tertiary/aromatic N) is 6. The first-order chi connectivity index (χ1) is 19.6. The first-order valence-corrected chi connectivity index (χ1v) is 14.3. The predicted octanol–water partition coefficient (Wildman–Crippen LogP) is 4.80. The van der Waals surface area contributed by atoms with Gasteiger partial charge < -0.3 is 19.3 Å². The summed E-state index contributed by atoms with van der Waals surface area (Å²) in [5.74, 6) is 0.818. The van der Waals surface area contributed by atoms with Crippen molar-refractivity contribution in [1.29, 1.82) is 5.26 Å². The summed E-state index contributed by atoms with van der Waals surface area (Å²) in [6, 6.07) is 23.3. The molecule has 40 heavy (non-hydrogen) atoms. The van der Waals surface area contributed by atoms with E-state index in [0.717, 1.165) is 67.1 Å². The van der Waals surface area contributed by atoms with Gasteiger partial charge in [0.25, 0.3) is 5.91 Å². The van der Waals surface area contributed by atoms with E-state index in [2.05, 4.69) is 82.8 Å². The van der Waals surface area contributed by atoms with Gasteiger partial charge in [0.2, 0.25) is 0 Å². The minimum Gasteiger partial charge on any atom is -0.350 e. The Hall–Kier alpha value is -4.15. The Bertz CT molecular complexity index is 1580. The molecule has 4 aromatic rings. The van der Waals surface area contributed by atoms with Crippen molar-refractivity contribution in [2.24, 2.45) is 0 Å². The van der Waals surface area contributed by atoms with Gasteiger partial charge in [0.1, 0.15) is 5.69 Å². The van der Waals surface area contributed by atoms with Gasteiger partial charge in [0.15, 0.2) is 5.82 Å². The molecule has 7 nitrogen and oxygen atoms in total. The lowest BCUT2D eigenvalue weighted by molar-refractivity contribution is 0.0638. The van der Waals surface area contributed by atoms with E-state index in [1.165, 1.54) is 16.7 Å². The third-order valence-corrected chi connectivity index (χ3v) is 8.61. The fourth-order valence-corrected chi connectivity index (χ4v) is 6.25. The van der Waals surface area contributed by atoms with Gasteiger partial charge in [-0.1, -0.05) is 61.5 Å². The number of hydrogen-bond donors (Lipinski definition) is 0. The Morgan fingerprint density at radius 2 is 1.70 bits per heavy atom. The lowest BCUT2D eigenvalue weighted by Crippen LogP contribution is -2.48. The van der Waals surface area contributed by atoms with Crippen LogP contribution < -0.4 is 4.90 Å². The molecule has 6 rings (SSSR count). The zero-order chi connectivity index (χ0) is 27.6. The van der Waals surface area contributed by atoms with Gasteiger partial charge in [-0.25, -0.2) is 4.98 Å². The number of carbonyl (C=O) groups is 1. The number of nitriles is 1. The Kier molecular flexibility index (Phi) is 7.27. The van der Waals surface area contributed by atoms with Crippen LogP contribution in [0, 0.1) is 18.3 Å². The molecule has 1 saturated heterocycles. The summed E-state index contributed by atoms with van der Waals surface area (Å²) in [4.78, 5) is 25.7. The van der Waals surface area contributed by atoms with E-state index in [1.807, 2.05) is 17.0 Å². The van der Waals surface area contributed by atoms with Crippen LogP contribution in [0.4, 0.5) is 5.82 Å². The second-order valence-electron chi connectivity index (χ2n) is 10.9. The second kappa shape index (κ2) is 11.1. The third kappa shape index (κ3) is 4.84. The highest BCUT2D eigenvalue weighted by Crippen LogP contribution is 2.36. The largest absolute Gasteiger partial charge is 0.350 e. The number of benzene rings is 2. The zero-order valence-corrected chi connectivity index (χ0v) is 23.4. The molecule has 1 amide bonds. The van der Waals surface area contributed by atoms with Gasteiger partial charge in [-0.15, -0.1) is 0 Å². The molecule has 0 spiro atoms. The second-order valence-corrected chi connectivity index (χ2v) is 10.9. The molecule has 1 fully saturated rings. The molecule has 2 aliphatic rings. The van der Waals surface area contributed by atoms with Crippen molar-refractivity contribution in [3.63, 3.8) is 0 Å². The van der Waals surface area contributed by atoms with Gasteiger partial charge in [-0.05, 0) is 48.2 Å². The van der Waals surface area contributed by atoms with Crippen LogP contribution >= 0.6 is 0 Å². The summed E-state index contributed by atoms with van der Waals surface area (Å²) < 4.78 is 2.30. The van der Waals surface area contributed by atoms with Crippen molar-refractivity contribution in [3.05, 3.63) is 94.3 Å². The molecule has 0 aliphatic carbocycles. The van der Waals surface area contributed by atoms with Gasteiger partial charge in [0, 0.05) is 56.9 Å². The maximum atomic E-state index is 13.9. The quantitative estimate of drug-likeness (QED) is 0.357. The molecule has 0 unspecified atom stereocenters. The van der Waals surface area contributed by atoms with Gasteiger partial charge in [-0.3, -0.25) is 4.79 Å². The van der Waals surface area contributed by atoms with Crippen LogP contribution in [0.2, 0.25) is 0 Å². The molecule has 2 aromatic heterocycles. The number of aromatic nitrogens is 2. The first kappa shape index (κ1) is 26.1. The van der Waals surface area contributed by atoms with E-state index in [4.69, 9.17) is 4.98 Å². The van der Waals surface area contributed by atoms with Crippen molar-refractivity contribution < 1.29 is 4.79 Å². The molecular formula is C33H36N6O. The zero-order valence-electron chi connectivity index (χ0n) is 23.4. The molecule has 2 aliphatic heterocycles. The van der Waals surface area contributed by atoms with Crippen LogP contribution in [0.25, 0.3) is 10.9 Å². The van der Waals surface area contributed by atoms with Crippen LogP contribution in [0.3, 0.4) is 0 Å². The number of carbonyl (C=O) groups excluding carboxylic acids is 1. The monoisotopic (exact) mass is 532 g/mol. The highest BCUT2D eigenvalue weighted by Gasteiger charge is 2.29. The standard InChI is InChI=1S/C33H36N6O/c1-3-36-17-19-37(20-18-36)33(40)30-21-29-28(13-15-34)24(2)39(22-25-9-5-4-6-10-25)31(29)32(35-30)38-16-14-26-11-7-8-12-27(26)23-38/h4-12,21H,3,13-14,16-20,22-23H2,1-2H3. The van der Waals surface area contributed by atoms with Gasteiger partial charge >= 0.3 is 0 Å². The number of hydrogen-bond acceptors (Lipinski definition) is 5. The van der Waals surface area contributed by atoms with Crippen LogP contribution in [-0.2, 0) is 25.9 Å². The Morgan fingerprint density at radius 3 is 2.42 bits per heavy atom. The fourth-order valence-electron chi connectivity index (χ4n) is 6.25. The number of anilines is 1. The summed E-state index contributed by atoms with van der Waals surface area (Å²) in [6.07, 6.45) is 1.22. The molecule has 0 atom stereocenters. The molecule has 0 saturated carbocycles. The van der Waals surface area contributed by atoms with Gasteiger partial charge in [-0.2, -0.15) is 5.26 Å². The average molecular weight is 533 g/mol. The predicted molar refractivity (Wildman–Crippen MR) is 159 cm³/mol. The molecular weight excluding hydrogens is 496 g/mol. The van der Waals surface area contributed by atoms with E-state index in [1.54, 1.807) is 0 Å². The fraction of sp³-hybridized carbons (Fsp3) is 0.364. The van der Waals surface area contributed by atoms with Crippen molar-refractivity contribution in [2.75, 3.05) is 44.2 Å². The normalized spacial score (nSPS) is 15.7. The molecule has 0 radical (unpaired) electrons. The van der Waals surface area contributed by atoms with Crippen molar-refractivity contribution in [3.8, 4) is 6.07 Å². The van der Waals surface area contributed by atoms with Crippen molar-refractivity contribution in [2.45, 2.75) is 39.8 Å². The number of amides is 1. The van der Waals surface area contributed by atoms with Gasteiger partial charge in [0.05, 0.1) is 18.0 Å². The highest BCUT2D eigenvalue weighted by molar-refractivity contribution is 6.01. The lowest BCUT2D eigenvalue weighted by Gasteiger charge is -2.34. The molecule has 4 heterocycles. The van der Waals surface area contributed by atoms with Crippen LogP contribution in [0.15, 0.2) is 60.7 Å². The maximum absolute atomic E-state index is 13.9. The number of likely N-dealkylation sites (N-methyl/N-ethyl adjacent to an activating group) is 1. The molecule has 2 aromatic carbocycles. The number of fused-ring (bicyclic) bond motifs is 2. The van der Waals surface area contributed by atoms with Crippen molar-refractivity contribution in [1.82, 2.24) is 19.4 Å². The van der Waals surface area contributed by atoms with Crippen LogP contribution in [0.1, 0.15) is 45.4 Å². The summed E-state index contributed by atoms with van der Waals surface area (Å²) in [5.41, 5.74) is 7.39. The molecule has 7 heteroatoms. The number of rotatable bonds is 6.